The molecule has 3 heterocycles. The lowest BCUT2D eigenvalue weighted by atomic mass is 10.2. The summed E-state index contributed by atoms with van der Waals surface area (Å²) in [6.45, 7) is 10.5. The van der Waals surface area contributed by atoms with E-state index in [0.717, 1.165) is 15.3 Å². The topological polar surface area (TPSA) is 80.6 Å². The van der Waals surface area contributed by atoms with Crippen LogP contribution in [0.25, 0.3) is 21.1 Å². The second kappa shape index (κ2) is 8.41. The standard InChI is InChI=1S/C22H23ClN4O2S2/c1-10(2)9-27-21(29)15-8-14(23)6-7-16(15)24-22(27)31-13(5)18-25-19(28)17-11(3)12(4)30-20(17)26-18/h6-8,10,13H,9H2,1-5H3,(H,25,26,28). The summed E-state index contributed by atoms with van der Waals surface area (Å²) in [5.41, 5.74) is 1.33. The Kier molecular flexibility index (Phi) is 5.98. The molecule has 0 saturated carbocycles. The largest absolute Gasteiger partial charge is 0.309 e. The molecule has 3 aromatic heterocycles. The summed E-state index contributed by atoms with van der Waals surface area (Å²) in [5, 5.41) is 2.06. The van der Waals surface area contributed by atoms with Gasteiger partial charge in [0, 0.05) is 16.4 Å². The number of hydrogen-bond donors (Lipinski definition) is 1. The van der Waals surface area contributed by atoms with Gasteiger partial charge in [-0.15, -0.1) is 11.3 Å². The number of rotatable bonds is 5. The van der Waals surface area contributed by atoms with Gasteiger partial charge < -0.3 is 4.98 Å². The summed E-state index contributed by atoms with van der Waals surface area (Å²) < 4.78 is 1.70. The zero-order valence-corrected chi connectivity index (χ0v) is 20.3. The fourth-order valence-electron chi connectivity index (χ4n) is 3.47. The Morgan fingerprint density at radius 2 is 1.94 bits per heavy atom. The van der Waals surface area contributed by atoms with Gasteiger partial charge in [-0.05, 0) is 50.5 Å². The first kappa shape index (κ1) is 22.0. The van der Waals surface area contributed by atoms with Crippen LogP contribution in [0, 0.1) is 19.8 Å². The molecule has 0 aliphatic heterocycles. The van der Waals surface area contributed by atoms with E-state index in [2.05, 4.69) is 18.8 Å². The first-order valence-corrected chi connectivity index (χ1v) is 12.1. The molecule has 6 nitrogen and oxygen atoms in total. The van der Waals surface area contributed by atoms with Gasteiger partial charge in [0.25, 0.3) is 11.1 Å². The average Bonchev–Trinajstić information content (AvgIpc) is 2.99. The molecular weight excluding hydrogens is 452 g/mol. The highest BCUT2D eigenvalue weighted by Gasteiger charge is 2.20. The predicted octanol–water partition coefficient (Wildman–Crippen LogP) is 5.47. The van der Waals surface area contributed by atoms with E-state index in [0.29, 0.717) is 38.8 Å². The first-order chi connectivity index (χ1) is 14.7. The number of halogens is 1. The van der Waals surface area contributed by atoms with Crippen LogP contribution in [0.2, 0.25) is 5.02 Å². The van der Waals surface area contributed by atoms with Crippen molar-refractivity contribution in [2.24, 2.45) is 5.92 Å². The highest BCUT2D eigenvalue weighted by atomic mass is 35.5. The van der Waals surface area contributed by atoms with Gasteiger partial charge in [0.2, 0.25) is 0 Å². The number of nitrogens with zero attached hydrogens (tertiary/aromatic N) is 3. The smallest absolute Gasteiger partial charge is 0.262 e. The highest BCUT2D eigenvalue weighted by Crippen LogP contribution is 2.34. The molecule has 4 aromatic rings. The third-order valence-corrected chi connectivity index (χ3v) is 7.59. The summed E-state index contributed by atoms with van der Waals surface area (Å²) in [5.74, 6) is 0.836. The highest BCUT2D eigenvalue weighted by molar-refractivity contribution is 7.99. The van der Waals surface area contributed by atoms with Gasteiger partial charge in [-0.2, -0.15) is 0 Å². The van der Waals surface area contributed by atoms with Crippen molar-refractivity contribution in [3.8, 4) is 0 Å². The van der Waals surface area contributed by atoms with Gasteiger partial charge in [0.05, 0.1) is 21.5 Å². The molecule has 0 fully saturated rings. The fourth-order valence-corrected chi connectivity index (χ4v) is 5.65. The number of aryl methyl sites for hydroxylation is 2. The van der Waals surface area contributed by atoms with Crippen molar-refractivity contribution >= 4 is 55.8 Å². The first-order valence-electron chi connectivity index (χ1n) is 10.0. The lowest BCUT2D eigenvalue weighted by Gasteiger charge is -2.17. The van der Waals surface area contributed by atoms with Crippen molar-refractivity contribution in [3.63, 3.8) is 0 Å². The number of hydrogen-bond acceptors (Lipinski definition) is 6. The Bertz CT molecular complexity index is 1420. The van der Waals surface area contributed by atoms with Crippen molar-refractivity contribution in [2.45, 2.75) is 51.6 Å². The molecule has 31 heavy (non-hydrogen) atoms. The lowest BCUT2D eigenvalue weighted by Crippen LogP contribution is -2.25. The van der Waals surface area contributed by atoms with Crippen LogP contribution in [0.15, 0.2) is 32.9 Å². The van der Waals surface area contributed by atoms with Crippen LogP contribution < -0.4 is 11.1 Å². The minimum Gasteiger partial charge on any atom is -0.309 e. The monoisotopic (exact) mass is 474 g/mol. The van der Waals surface area contributed by atoms with Crippen LogP contribution in [0.3, 0.4) is 0 Å². The Morgan fingerprint density at radius 3 is 2.65 bits per heavy atom. The molecule has 0 amide bonds. The number of nitrogens with one attached hydrogen (secondary N) is 1. The van der Waals surface area contributed by atoms with E-state index in [1.54, 1.807) is 22.8 Å². The summed E-state index contributed by atoms with van der Waals surface area (Å²) in [6.07, 6.45) is 0. The van der Waals surface area contributed by atoms with Gasteiger partial charge in [-0.1, -0.05) is 37.2 Å². The van der Waals surface area contributed by atoms with E-state index in [1.807, 2.05) is 20.8 Å². The summed E-state index contributed by atoms with van der Waals surface area (Å²) in [4.78, 5) is 40.1. The van der Waals surface area contributed by atoms with E-state index in [1.165, 1.54) is 23.1 Å². The molecule has 0 bridgehead atoms. The molecule has 0 saturated heterocycles. The van der Waals surface area contributed by atoms with E-state index in [4.69, 9.17) is 21.6 Å². The van der Waals surface area contributed by atoms with Crippen molar-refractivity contribution in [2.75, 3.05) is 0 Å². The Balaban J connectivity index is 1.80. The van der Waals surface area contributed by atoms with Crippen molar-refractivity contribution in [3.05, 3.63) is 60.2 Å². The van der Waals surface area contributed by atoms with Gasteiger partial charge in [-0.25, -0.2) is 9.97 Å². The third-order valence-electron chi connectivity index (χ3n) is 5.15. The second-order valence-electron chi connectivity index (χ2n) is 8.04. The van der Waals surface area contributed by atoms with Crippen molar-refractivity contribution < 1.29 is 0 Å². The molecular formula is C22H23ClN4O2S2. The molecule has 4 rings (SSSR count). The SMILES string of the molecule is Cc1sc2nc(C(C)Sc3nc4ccc(Cl)cc4c(=O)n3CC(C)C)[nH]c(=O)c2c1C. The molecule has 1 N–H and O–H groups in total. The molecule has 9 heteroatoms. The lowest BCUT2D eigenvalue weighted by molar-refractivity contribution is 0.474. The quantitative estimate of drug-likeness (QED) is 0.306. The van der Waals surface area contributed by atoms with Crippen LogP contribution in [0.1, 0.15) is 42.3 Å². The minimum absolute atomic E-state index is 0.114. The summed E-state index contributed by atoms with van der Waals surface area (Å²) in [7, 11) is 0. The van der Waals surface area contributed by atoms with Gasteiger partial charge >= 0.3 is 0 Å². The van der Waals surface area contributed by atoms with Crippen LogP contribution in [0.4, 0.5) is 0 Å². The second-order valence-corrected chi connectivity index (χ2v) is 11.0. The van der Waals surface area contributed by atoms with E-state index in [9.17, 15) is 9.59 Å². The van der Waals surface area contributed by atoms with E-state index >= 15 is 0 Å². The average molecular weight is 475 g/mol. The molecule has 0 spiro atoms. The van der Waals surface area contributed by atoms with Gasteiger partial charge in [-0.3, -0.25) is 14.2 Å². The molecule has 1 unspecified atom stereocenters. The number of aromatic amines is 1. The number of H-pyrrole nitrogens is 1. The summed E-state index contributed by atoms with van der Waals surface area (Å²) in [6, 6.07) is 5.15. The number of thioether (sulfide) groups is 1. The number of fused-ring (bicyclic) bond motifs is 2. The van der Waals surface area contributed by atoms with E-state index < -0.39 is 0 Å². The normalized spacial score (nSPS) is 12.9. The Morgan fingerprint density at radius 1 is 1.19 bits per heavy atom. The van der Waals surface area contributed by atoms with Crippen LogP contribution in [-0.2, 0) is 6.54 Å². The van der Waals surface area contributed by atoms with Crippen LogP contribution >= 0.6 is 34.7 Å². The number of benzene rings is 1. The molecule has 0 aliphatic rings. The van der Waals surface area contributed by atoms with Crippen molar-refractivity contribution in [1.29, 1.82) is 0 Å². The van der Waals surface area contributed by atoms with Crippen LogP contribution in [-0.4, -0.2) is 19.5 Å². The fraction of sp³-hybridized carbons (Fsp3) is 0.364. The van der Waals surface area contributed by atoms with Gasteiger partial charge in [0.15, 0.2) is 5.16 Å². The maximum Gasteiger partial charge on any atom is 0.262 e. The minimum atomic E-state index is -0.199. The molecule has 0 radical (unpaired) electrons. The Labute approximate surface area is 192 Å². The molecule has 1 atom stereocenters. The maximum absolute atomic E-state index is 13.2. The van der Waals surface area contributed by atoms with Crippen LogP contribution in [0.5, 0.6) is 0 Å². The number of thiophene rings is 1. The zero-order valence-electron chi connectivity index (χ0n) is 17.9. The molecule has 0 aliphatic carbocycles. The summed E-state index contributed by atoms with van der Waals surface area (Å²) >= 11 is 9.05. The maximum atomic E-state index is 13.2. The predicted molar refractivity (Wildman–Crippen MR) is 130 cm³/mol. The third kappa shape index (κ3) is 4.16. The molecule has 1 aromatic carbocycles. The number of aromatic nitrogens is 4. The van der Waals surface area contributed by atoms with E-state index in [-0.39, 0.29) is 22.3 Å². The van der Waals surface area contributed by atoms with Crippen molar-refractivity contribution in [1.82, 2.24) is 19.5 Å². The Hall–Kier alpha value is -2.16. The zero-order chi connectivity index (χ0) is 22.4. The molecule has 162 valence electrons. The van der Waals surface area contributed by atoms with Gasteiger partial charge in [0.1, 0.15) is 10.7 Å².